The molecule has 0 heterocycles. The summed E-state index contributed by atoms with van der Waals surface area (Å²) in [5.74, 6) is 0.0547. The lowest BCUT2D eigenvalue weighted by Gasteiger charge is -2.07. The molecule has 0 spiro atoms. The quantitative estimate of drug-likeness (QED) is 0.731. The molecular formula is C18H19Cl2NO. The van der Waals surface area contributed by atoms with Crippen LogP contribution in [0, 0.1) is 0 Å². The maximum Gasteiger partial charge on any atom is 0.220 e. The van der Waals surface area contributed by atoms with E-state index in [9.17, 15) is 4.79 Å². The average Bonchev–Trinajstić information content (AvgIpc) is 2.52. The van der Waals surface area contributed by atoms with E-state index in [2.05, 4.69) is 17.4 Å². The summed E-state index contributed by atoms with van der Waals surface area (Å²) in [6, 6.07) is 15.6. The van der Waals surface area contributed by atoms with Crippen LogP contribution in [0.4, 0.5) is 0 Å². The summed E-state index contributed by atoms with van der Waals surface area (Å²) < 4.78 is 0. The Morgan fingerprint density at radius 2 is 1.77 bits per heavy atom. The predicted octanol–water partition coefficient (Wildman–Crippen LogP) is 4.68. The van der Waals surface area contributed by atoms with Crippen molar-refractivity contribution in [3.63, 3.8) is 0 Å². The van der Waals surface area contributed by atoms with Gasteiger partial charge in [-0.15, -0.1) is 0 Å². The highest BCUT2D eigenvalue weighted by Gasteiger charge is 2.05. The lowest BCUT2D eigenvalue weighted by atomic mass is 10.1. The van der Waals surface area contributed by atoms with Gasteiger partial charge in [0.25, 0.3) is 0 Å². The fraction of sp³-hybridized carbons (Fsp3) is 0.278. The van der Waals surface area contributed by atoms with Gasteiger partial charge in [-0.1, -0.05) is 59.6 Å². The number of nitrogens with one attached hydrogen (secondary N) is 1. The van der Waals surface area contributed by atoms with Crippen LogP contribution >= 0.6 is 23.2 Å². The molecule has 0 bridgehead atoms. The molecule has 0 saturated carbocycles. The van der Waals surface area contributed by atoms with Gasteiger partial charge in [-0.05, 0) is 42.5 Å². The van der Waals surface area contributed by atoms with Gasteiger partial charge in [-0.2, -0.15) is 0 Å². The first-order valence-corrected chi connectivity index (χ1v) is 8.15. The number of carbonyl (C=O) groups excluding carboxylic acids is 1. The third kappa shape index (κ3) is 5.70. The summed E-state index contributed by atoms with van der Waals surface area (Å²) in [7, 11) is 0. The summed E-state index contributed by atoms with van der Waals surface area (Å²) in [6.07, 6.45) is 2.98. The maximum absolute atomic E-state index is 11.8. The van der Waals surface area contributed by atoms with Crippen LogP contribution in [0.2, 0.25) is 10.0 Å². The smallest absolute Gasteiger partial charge is 0.220 e. The van der Waals surface area contributed by atoms with Gasteiger partial charge in [-0.3, -0.25) is 4.79 Å². The SMILES string of the molecule is O=C(CCc1ccc(Cl)cc1Cl)NCCCc1ccccc1. The van der Waals surface area contributed by atoms with E-state index in [1.165, 1.54) is 5.56 Å². The number of halogens is 2. The monoisotopic (exact) mass is 335 g/mol. The summed E-state index contributed by atoms with van der Waals surface area (Å²) in [5, 5.41) is 4.17. The van der Waals surface area contributed by atoms with Crippen molar-refractivity contribution < 1.29 is 4.79 Å². The van der Waals surface area contributed by atoms with Crippen molar-refractivity contribution >= 4 is 29.1 Å². The van der Waals surface area contributed by atoms with Gasteiger partial charge in [0.1, 0.15) is 0 Å². The molecule has 1 N–H and O–H groups in total. The first-order valence-electron chi connectivity index (χ1n) is 7.40. The van der Waals surface area contributed by atoms with Gasteiger partial charge in [0.2, 0.25) is 5.91 Å². The van der Waals surface area contributed by atoms with Crippen molar-refractivity contribution in [3.8, 4) is 0 Å². The van der Waals surface area contributed by atoms with Crippen LogP contribution in [-0.2, 0) is 17.6 Å². The molecule has 1 amide bonds. The fourth-order valence-corrected chi connectivity index (χ4v) is 2.73. The number of hydrogen-bond acceptors (Lipinski definition) is 1. The Morgan fingerprint density at radius 3 is 2.50 bits per heavy atom. The zero-order chi connectivity index (χ0) is 15.8. The van der Waals surface area contributed by atoms with Crippen LogP contribution in [0.15, 0.2) is 48.5 Å². The highest BCUT2D eigenvalue weighted by molar-refractivity contribution is 6.35. The molecule has 2 nitrogen and oxygen atoms in total. The van der Waals surface area contributed by atoms with Gasteiger partial charge in [-0.25, -0.2) is 0 Å². The standard InChI is InChI=1S/C18H19Cl2NO/c19-16-10-8-15(17(20)13-16)9-11-18(22)21-12-4-7-14-5-2-1-3-6-14/h1-3,5-6,8,10,13H,4,7,9,11-12H2,(H,21,22). The summed E-state index contributed by atoms with van der Waals surface area (Å²) in [5.41, 5.74) is 2.25. The molecule has 0 atom stereocenters. The fourth-order valence-electron chi connectivity index (χ4n) is 2.23. The molecule has 0 aliphatic carbocycles. The van der Waals surface area contributed by atoms with Crippen LogP contribution in [0.1, 0.15) is 24.0 Å². The second-order valence-corrected chi connectivity index (χ2v) is 6.02. The molecule has 22 heavy (non-hydrogen) atoms. The third-order valence-corrected chi connectivity index (χ3v) is 4.03. The Kier molecular flexibility index (Phi) is 6.75. The Morgan fingerprint density at radius 1 is 1.00 bits per heavy atom. The molecular weight excluding hydrogens is 317 g/mol. The van der Waals surface area contributed by atoms with Crippen LogP contribution in [-0.4, -0.2) is 12.5 Å². The number of amides is 1. The summed E-state index contributed by atoms with van der Waals surface area (Å²) >= 11 is 11.9. The van der Waals surface area contributed by atoms with Crippen LogP contribution in [0.5, 0.6) is 0 Å². The first kappa shape index (κ1) is 16.9. The highest BCUT2D eigenvalue weighted by Crippen LogP contribution is 2.21. The average molecular weight is 336 g/mol. The van der Waals surface area contributed by atoms with Gasteiger partial charge in [0.15, 0.2) is 0 Å². The van der Waals surface area contributed by atoms with Crippen molar-refractivity contribution in [3.05, 3.63) is 69.7 Å². The number of aryl methyl sites for hydroxylation is 2. The van der Waals surface area contributed by atoms with E-state index in [1.54, 1.807) is 12.1 Å². The Bertz CT molecular complexity index is 614. The number of carbonyl (C=O) groups is 1. The Hall–Kier alpha value is -1.51. The topological polar surface area (TPSA) is 29.1 Å². The minimum atomic E-state index is 0.0547. The first-order chi connectivity index (χ1) is 10.6. The molecule has 0 unspecified atom stereocenters. The second-order valence-electron chi connectivity index (χ2n) is 5.17. The van der Waals surface area contributed by atoms with Gasteiger partial charge in [0.05, 0.1) is 0 Å². The molecule has 0 fully saturated rings. The summed E-state index contributed by atoms with van der Waals surface area (Å²) in [4.78, 5) is 11.8. The van der Waals surface area contributed by atoms with Gasteiger partial charge < -0.3 is 5.32 Å². The minimum Gasteiger partial charge on any atom is -0.356 e. The number of benzene rings is 2. The molecule has 2 aromatic rings. The number of hydrogen-bond donors (Lipinski definition) is 1. The van der Waals surface area contributed by atoms with Crippen LogP contribution in [0.3, 0.4) is 0 Å². The summed E-state index contributed by atoms with van der Waals surface area (Å²) in [6.45, 7) is 0.697. The highest BCUT2D eigenvalue weighted by atomic mass is 35.5. The van der Waals surface area contributed by atoms with Crippen molar-refractivity contribution in [2.45, 2.75) is 25.7 Å². The lowest BCUT2D eigenvalue weighted by Crippen LogP contribution is -2.25. The third-order valence-electron chi connectivity index (χ3n) is 3.44. The molecule has 4 heteroatoms. The zero-order valence-electron chi connectivity index (χ0n) is 12.3. The predicted molar refractivity (Wildman–Crippen MR) is 92.6 cm³/mol. The van der Waals surface area contributed by atoms with Crippen LogP contribution < -0.4 is 5.32 Å². The van der Waals surface area contributed by atoms with Crippen molar-refractivity contribution in [1.82, 2.24) is 5.32 Å². The van der Waals surface area contributed by atoms with Crippen molar-refractivity contribution in [1.29, 1.82) is 0 Å². The Labute approximate surface area is 141 Å². The maximum atomic E-state index is 11.8. The molecule has 2 rings (SSSR count). The molecule has 0 radical (unpaired) electrons. The lowest BCUT2D eigenvalue weighted by molar-refractivity contribution is -0.121. The van der Waals surface area contributed by atoms with E-state index in [-0.39, 0.29) is 5.91 Å². The van der Waals surface area contributed by atoms with Crippen molar-refractivity contribution in [2.24, 2.45) is 0 Å². The van der Waals surface area contributed by atoms with E-state index < -0.39 is 0 Å². The molecule has 0 aliphatic rings. The van der Waals surface area contributed by atoms with E-state index >= 15 is 0 Å². The van der Waals surface area contributed by atoms with Gasteiger partial charge in [0, 0.05) is 23.0 Å². The molecule has 0 saturated heterocycles. The number of rotatable bonds is 7. The van der Waals surface area contributed by atoms with Gasteiger partial charge >= 0.3 is 0 Å². The van der Waals surface area contributed by atoms with E-state index in [1.807, 2.05) is 24.3 Å². The largest absolute Gasteiger partial charge is 0.356 e. The van der Waals surface area contributed by atoms with E-state index in [0.29, 0.717) is 29.4 Å². The normalized spacial score (nSPS) is 10.5. The van der Waals surface area contributed by atoms with E-state index in [0.717, 1.165) is 18.4 Å². The second kappa shape index (κ2) is 8.82. The van der Waals surface area contributed by atoms with E-state index in [4.69, 9.17) is 23.2 Å². The van der Waals surface area contributed by atoms with Crippen molar-refractivity contribution in [2.75, 3.05) is 6.54 Å². The van der Waals surface area contributed by atoms with Crippen LogP contribution in [0.25, 0.3) is 0 Å². The molecule has 0 aromatic heterocycles. The zero-order valence-corrected chi connectivity index (χ0v) is 13.8. The minimum absolute atomic E-state index is 0.0547. The molecule has 116 valence electrons. The Balaban J connectivity index is 1.65. The molecule has 2 aromatic carbocycles. The molecule has 0 aliphatic heterocycles.